The van der Waals surface area contributed by atoms with Crippen molar-refractivity contribution in [3.05, 3.63) is 29.1 Å². The molecule has 112 valence electrons. The topological polar surface area (TPSA) is 89.3 Å². The van der Waals surface area contributed by atoms with E-state index in [4.69, 9.17) is 5.14 Å². The van der Waals surface area contributed by atoms with Gasteiger partial charge in [0.05, 0.1) is 4.90 Å². The van der Waals surface area contributed by atoms with Crippen LogP contribution in [0.5, 0.6) is 0 Å². The molecule has 0 fully saturated rings. The standard InChI is InChI=1S/C13H19FN2O3S/c1-4-10(5-2)16-13(17)9-6-11(14)8(3)12(7-9)20(15,18)19/h6-7,10H,4-5H2,1-3H3,(H,16,17)(H2,15,18,19). The van der Waals surface area contributed by atoms with Gasteiger partial charge in [-0.2, -0.15) is 0 Å². The number of rotatable bonds is 5. The molecule has 0 unspecified atom stereocenters. The minimum atomic E-state index is -4.07. The van der Waals surface area contributed by atoms with E-state index in [9.17, 15) is 17.6 Å². The Bertz CT molecular complexity index is 610. The molecule has 1 aromatic carbocycles. The van der Waals surface area contributed by atoms with Crippen molar-refractivity contribution in [1.29, 1.82) is 0 Å². The van der Waals surface area contributed by atoms with E-state index in [-0.39, 0.29) is 22.1 Å². The van der Waals surface area contributed by atoms with Crippen LogP contribution in [0.4, 0.5) is 4.39 Å². The van der Waals surface area contributed by atoms with Crippen LogP contribution < -0.4 is 10.5 Å². The molecule has 7 heteroatoms. The van der Waals surface area contributed by atoms with Crippen LogP contribution in [-0.4, -0.2) is 20.4 Å². The van der Waals surface area contributed by atoms with E-state index in [1.807, 2.05) is 13.8 Å². The Hall–Kier alpha value is -1.47. The largest absolute Gasteiger partial charge is 0.349 e. The van der Waals surface area contributed by atoms with Crippen molar-refractivity contribution in [1.82, 2.24) is 5.32 Å². The summed E-state index contributed by atoms with van der Waals surface area (Å²) in [7, 11) is -4.07. The summed E-state index contributed by atoms with van der Waals surface area (Å²) in [5.74, 6) is -1.28. The fraction of sp³-hybridized carbons (Fsp3) is 0.462. The molecule has 0 saturated carbocycles. The minimum Gasteiger partial charge on any atom is -0.349 e. The van der Waals surface area contributed by atoms with Crippen LogP contribution in [0.2, 0.25) is 0 Å². The maximum absolute atomic E-state index is 13.7. The predicted molar refractivity (Wildman–Crippen MR) is 74.3 cm³/mol. The van der Waals surface area contributed by atoms with Crippen LogP contribution in [-0.2, 0) is 10.0 Å². The van der Waals surface area contributed by atoms with Crippen LogP contribution >= 0.6 is 0 Å². The molecule has 0 atom stereocenters. The molecule has 0 saturated heterocycles. The second-order valence-corrected chi connectivity index (χ2v) is 6.14. The first-order valence-electron chi connectivity index (χ1n) is 6.34. The Kier molecular flexibility index (Phi) is 5.24. The number of carbonyl (C=O) groups excluding carboxylic acids is 1. The number of nitrogens with two attached hydrogens (primary N) is 1. The molecular weight excluding hydrogens is 283 g/mol. The van der Waals surface area contributed by atoms with E-state index in [2.05, 4.69) is 5.32 Å². The van der Waals surface area contributed by atoms with Gasteiger partial charge >= 0.3 is 0 Å². The van der Waals surface area contributed by atoms with Gasteiger partial charge in [0.2, 0.25) is 10.0 Å². The van der Waals surface area contributed by atoms with E-state index in [1.54, 1.807) is 0 Å². The number of halogens is 1. The number of sulfonamides is 1. The first kappa shape index (κ1) is 16.6. The second kappa shape index (κ2) is 6.32. The molecule has 0 radical (unpaired) electrons. The van der Waals surface area contributed by atoms with Gasteiger partial charge in [0, 0.05) is 17.2 Å². The van der Waals surface area contributed by atoms with Crippen molar-refractivity contribution in [3.8, 4) is 0 Å². The predicted octanol–water partition coefficient (Wildman–Crippen LogP) is 1.70. The monoisotopic (exact) mass is 302 g/mol. The Morgan fingerprint density at radius 1 is 1.35 bits per heavy atom. The lowest BCUT2D eigenvalue weighted by atomic mass is 10.1. The van der Waals surface area contributed by atoms with Crippen molar-refractivity contribution < 1.29 is 17.6 Å². The highest BCUT2D eigenvalue weighted by atomic mass is 32.2. The average Bonchev–Trinajstić information content (AvgIpc) is 2.37. The lowest BCUT2D eigenvalue weighted by Crippen LogP contribution is -2.34. The zero-order valence-corrected chi connectivity index (χ0v) is 12.6. The molecule has 20 heavy (non-hydrogen) atoms. The SMILES string of the molecule is CCC(CC)NC(=O)c1cc(F)c(C)c(S(N)(=O)=O)c1. The maximum atomic E-state index is 13.7. The number of amides is 1. The number of hydrogen-bond donors (Lipinski definition) is 2. The van der Waals surface area contributed by atoms with Gasteiger partial charge in [-0.3, -0.25) is 4.79 Å². The summed E-state index contributed by atoms with van der Waals surface area (Å²) in [5, 5.41) is 7.74. The Labute approximate surface area is 118 Å². The third-order valence-electron chi connectivity index (χ3n) is 3.19. The number of primary sulfonamides is 1. The van der Waals surface area contributed by atoms with Gasteiger partial charge < -0.3 is 5.32 Å². The lowest BCUT2D eigenvalue weighted by Gasteiger charge is -2.15. The molecular formula is C13H19FN2O3S. The molecule has 0 heterocycles. The zero-order chi connectivity index (χ0) is 15.5. The number of nitrogens with one attached hydrogen (secondary N) is 1. The summed E-state index contributed by atoms with van der Waals surface area (Å²) in [5.41, 5.74) is -0.143. The summed E-state index contributed by atoms with van der Waals surface area (Å²) in [6.07, 6.45) is 1.47. The van der Waals surface area contributed by atoms with Crippen molar-refractivity contribution in [3.63, 3.8) is 0 Å². The molecule has 1 amide bonds. The Balaban J connectivity index is 3.21. The highest BCUT2D eigenvalue weighted by molar-refractivity contribution is 7.89. The number of carbonyl (C=O) groups is 1. The van der Waals surface area contributed by atoms with Gasteiger partial charge in [-0.25, -0.2) is 17.9 Å². The molecule has 0 aliphatic carbocycles. The Morgan fingerprint density at radius 2 is 1.90 bits per heavy atom. The quantitative estimate of drug-likeness (QED) is 0.867. The molecule has 1 aromatic rings. The molecule has 0 aliphatic heterocycles. The molecule has 1 rings (SSSR count). The Morgan fingerprint density at radius 3 is 2.35 bits per heavy atom. The normalized spacial score (nSPS) is 11.7. The fourth-order valence-corrected chi connectivity index (χ4v) is 2.66. The molecule has 0 aliphatic rings. The van der Waals surface area contributed by atoms with E-state index < -0.39 is 21.7 Å². The summed E-state index contributed by atoms with van der Waals surface area (Å²) in [6.45, 7) is 5.14. The highest BCUT2D eigenvalue weighted by Gasteiger charge is 2.20. The van der Waals surface area contributed by atoms with Crippen LogP contribution in [0, 0.1) is 12.7 Å². The zero-order valence-electron chi connectivity index (χ0n) is 11.7. The van der Waals surface area contributed by atoms with Crippen LogP contribution in [0.1, 0.15) is 42.6 Å². The first-order valence-corrected chi connectivity index (χ1v) is 7.89. The second-order valence-electron chi connectivity index (χ2n) is 4.61. The third kappa shape index (κ3) is 3.77. The molecule has 0 bridgehead atoms. The van der Waals surface area contributed by atoms with E-state index in [0.29, 0.717) is 0 Å². The van der Waals surface area contributed by atoms with Crippen molar-refractivity contribution in [2.24, 2.45) is 5.14 Å². The molecule has 3 N–H and O–H groups in total. The minimum absolute atomic E-state index is 0.0372. The van der Waals surface area contributed by atoms with Crippen molar-refractivity contribution >= 4 is 15.9 Å². The summed E-state index contributed by atoms with van der Waals surface area (Å²) in [4.78, 5) is 11.6. The maximum Gasteiger partial charge on any atom is 0.251 e. The van der Waals surface area contributed by atoms with Crippen LogP contribution in [0.15, 0.2) is 17.0 Å². The highest BCUT2D eigenvalue weighted by Crippen LogP contribution is 2.19. The van der Waals surface area contributed by atoms with Gasteiger partial charge in [0.15, 0.2) is 0 Å². The van der Waals surface area contributed by atoms with E-state index >= 15 is 0 Å². The number of benzene rings is 1. The fourth-order valence-electron chi connectivity index (χ4n) is 1.84. The molecule has 0 spiro atoms. The smallest absolute Gasteiger partial charge is 0.251 e. The summed E-state index contributed by atoms with van der Waals surface area (Å²) in [6, 6.07) is 2.08. The van der Waals surface area contributed by atoms with Gasteiger partial charge in [0.1, 0.15) is 5.82 Å². The van der Waals surface area contributed by atoms with Crippen LogP contribution in [0.3, 0.4) is 0 Å². The van der Waals surface area contributed by atoms with Gasteiger partial charge in [-0.1, -0.05) is 13.8 Å². The van der Waals surface area contributed by atoms with Gasteiger partial charge in [-0.15, -0.1) is 0 Å². The summed E-state index contributed by atoms with van der Waals surface area (Å²) < 4.78 is 36.5. The van der Waals surface area contributed by atoms with Gasteiger partial charge in [-0.05, 0) is 31.9 Å². The van der Waals surface area contributed by atoms with Crippen molar-refractivity contribution in [2.75, 3.05) is 0 Å². The molecule has 5 nitrogen and oxygen atoms in total. The van der Waals surface area contributed by atoms with E-state index in [0.717, 1.165) is 25.0 Å². The average molecular weight is 302 g/mol. The molecule has 0 aromatic heterocycles. The third-order valence-corrected chi connectivity index (χ3v) is 4.22. The van der Waals surface area contributed by atoms with Gasteiger partial charge in [0.25, 0.3) is 5.91 Å². The van der Waals surface area contributed by atoms with Crippen molar-refractivity contribution in [2.45, 2.75) is 44.6 Å². The van der Waals surface area contributed by atoms with Crippen LogP contribution in [0.25, 0.3) is 0 Å². The first-order chi connectivity index (χ1) is 9.20. The summed E-state index contributed by atoms with van der Waals surface area (Å²) >= 11 is 0. The lowest BCUT2D eigenvalue weighted by molar-refractivity contribution is 0.0934. The number of hydrogen-bond acceptors (Lipinski definition) is 3. The van der Waals surface area contributed by atoms with E-state index in [1.165, 1.54) is 6.92 Å².